The maximum Gasteiger partial charge on any atom is 0.238 e. The summed E-state index contributed by atoms with van der Waals surface area (Å²) in [5, 5.41) is 2.82. The number of benzene rings is 2. The van der Waals surface area contributed by atoms with Gasteiger partial charge in [-0.05, 0) is 41.9 Å². The number of amides is 2. The Hall–Kier alpha value is -3.07. The lowest BCUT2D eigenvalue weighted by Crippen LogP contribution is -2.51. The molecule has 2 rings (SSSR count). The molecule has 0 bridgehead atoms. The first-order valence-corrected chi connectivity index (χ1v) is 13.1. The van der Waals surface area contributed by atoms with E-state index in [1.54, 1.807) is 0 Å². The van der Waals surface area contributed by atoms with E-state index in [-0.39, 0.29) is 18.1 Å². The Morgan fingerprint density at radius 3 is 2.03 bits per heavy atom. The molecule has 8 heteroatoms. The predicted octanol–water partition coefficient (Wildman–Crippen LogP) is 1.89. The van der Waals surface area contributed by atoms with E-state index >= 15 is 0 Å². The minimum absolute atomic E-state index is 0.0522. The van der Waals surface area contributed by atoms with Gasteiger partial charge in [0.2, 0.25) is 11.8 Å². The van der Waals surface area contributed by atoms with Gasteiger partial charge >= 0.3 is 0 Å². The molecule has 37 heavy (non-hydrogen) atoms. The minimum Gasteiger partial charge on any atom is -0.345 e. The fourth-order valence-corrected chi connectivity index (χ4v) is 4.14. The van der Waals surface area contributed by atoms with Gasteiger partial charge in [0.05, 0.1) is 18.5 Å². The van der Waals surface area contributed by atoms with Crippen LogP contribution in [-0.2, 0) is 27.2 Å². The molecule has 2 atom stereocenters. The number of Topliss-reactive ketones (excluding diaryl/α,β-unsaturated/α-hetero) is 1. The van der Waals surface area contributed by atoms with Crippen molar-refractivity contribution in [3.63, 3.8) is 0 Å². The molecule has 0 aromatic heterocycles. The number of carbonyl (C=O) groups excluding carboxylic acids is 3. The van der Waals surface area contributed by atoms with E-state index in [2.05, 4.69) is 43.4 Å². The van der Waals surface area contributed by atoms with Gasteiger partial charge in [-0.2, -0.15) is 0 Å². The van der Waals surface area contributed by atoms with Crippen molar-refractivity contribution in [3.8, 4) is 0 Å². The molecule has 8 nitrogen and oxygen atoms in total. The largest absolute Gasteiger partial charge is 0.345 e. The van der Waals surface area contributed by atoms with Crippen LogP contribution in [0.5, 0.6) is 0 Å². The van der Waals surface area contributed by atoms with Crippen molar-refractivity contribution in [2.75, 3.05) is 26.2 Å². The predicted molar refractivity (Wildman–Crippen MR) is 148 cm³/mol. The molecule has 0 fully saturated rings. The van der Waals surface area contributed by atoms with Crippen LogP contribution in [0.15, 0.2) is 54.6 Å². The lowest BCUT2D eigenvalue weighted by molar-refractivity contribution is -0.135. The number of nitrogens with one attached hydrogen (secondary N) is 1. The number of nitrogens with zero attached hydrogens (tertiary/aromatic N) is 1. The molecule has 0 unspecified atom stereocenters. The summed E-state index contributed by atoms with van der Waals surface area (Å²) in [6.45, 7) is 5.57. The first-order chi connectivity index (χ1) is 17.7. The lowest BCUT2D eigenvalue weighted by Gasteiger charge is -2.24. The van der Waals surface area contributed by atoms with Crippen LogP contribution in [-0.4, -0.2) is 60.8 Å². The molecule has 0 radical (unpaired) electrons. The quantitative estimate of drug-likeness (QED) is 0.272. The first kappa shape index (κ1) is 30.2. The number of ketones is 1. The van der Waals surface area contributed by atoms with Crippen molar-refractivity contribution >= 4 is 17.6 Å². The highest BCUT2D eigenvalue weighted by Crippen LogP contribution is 2.16. The van der Waals surface area contributed by atoms with Crippen LogP contribution in [0.1, 0.15) is 55.7 Å². The lowest BCUT2D eigenvalue weighted by atomic mass is 9.96. The van der Waals surface area contributed by atoms with Gasteiger partial charge in [0.25, 0.3) is 0 Å². The van der Waals surface area contributed by atoms with Gasteiger partial charge in [-0.1, -0.05) is 68.4 Å². The molecule has 202 valence electrons. The van der Waals surface area contributed by atoms with E-state index in [0.29, 0.717) is 57.8 Å². The standard InChI is InChI=1S/C29H43N5O3/c1-21(2)24-12-8-23(9-13-24)11-15-27(35)26(14-10-22-6-4-3-5-7-22)33-29(37)25(32)20-28(36)34(18-16-30)19-17-31/h3-9,12-13,21,25-26H,10-11,14-20,30-32H2,1-2H3,(H,33,37)/t25-,26-/m0/s1. The first-order valence-electron chi connectivity index (χ1n) is 13.1. The summed E-state index contributed by atoms with van der Waals surface area (Å²) in [5.41, 5.74) is 20.6. The second-order valence-corrected chi connectivity index (χ2v) is 9.72. The minimum atomic E-state index is -1.07. The van der Waals surface area contributed by atoms with Gasteiger partial charge in [-0.3, -0.25) is 14.4 Å². The van der Waals surface area contributed by atoms with E-state index < -0.39 is 18.0 Å². The average Bonchev–Trinajstić information content (AvgIpc) is 2.90. The monoisotopic (exact) mass is 509 g/mol. The zero-order valence-electron chi connectivity index (χ0n) is 22.2. The van der Waals surface area contributed by atoms with Crippen LogP contribution >= 0.6 is 0 Å². The number of hydrogen-bond donors (Lipinski definition) is 4. The molecule has 2 aromatic rings. The van der Waals surface area contributed by atoms with Crippen molar-refractivity contribution in [2.24, 2.45) is 17.2 Å². The Kier molecular flexibility index (Phi) is 13.0. The van der Waals surface area contributed by atoms with Gasteiger partial charge in [0.15, 0.2) is 5.78 Å². The van der Waals surface area contributed by atoms with Gasteiger partial charge in [0.1, 0.15) is 0 Å². The summed E-state index contributed by atoms with van der Waals surface area (Å²) < 4.78 is 0. The summed E-state index contributed by atoms with van der Waals surface area (Å²) in [6.07, 6.45) is 1.81. The fourth-order valence-electron chi connectivity index (χ4n) is 4.14. The molecule has 0 saturated heterocycles. The molecular weight excluding hydrogens is 466 g/mol. The molecule has 0 heterocycles. The second-order valence-electron chi connectivity index (χ2n) is 9.72. The maximum atomic E-state index is 13.2. The van der Waals surface area contributed by atoms with E-state index in [1.807, 2.05) is 30.3 Å². The smallest absolute Gasteiger partial charge is 0.238 e. The molecular formula is C29H43N5O3. The Morgan fingerprint density at radius 1 is 0.865 bits per heavy atom. The number of nitrogens with two attached hydrogens (primary N) is 3. The molecule has 0 saturated carbocycles. The van der Waals surface area contributed by atoms with Crippen molar-refractivity contribution in [3.05, 3.63) is 71.3 Å². The molecule has 2 aromatic carbocycles. The number of carbonyl (C=O) groups is 3. The average molecular weight is 510 g/mol. The van der Waals surface area contributed by atoms with E-state index in [0.717, 1.165) is 11.1 Å². The van der Waals surface area contributed by atoms with Gasteiger partial charge in [-0.15, -0.1) is 0 Å². The highest BCUT2D eigenvalue weighted by molar-refractivity contribution is 5.93. The third-order valence-corrected chi connectivity index (χ3v) is 6.46. The van der Waals surface area contributed by atoms with Gasteiger partial charge in [0, 0.05) is 32.6 Å². The zero-order valence-corrected chi connectivity index (χ0v) is 22.2. The summed E-state index contributed by atoms with van der Waals surface area (Å²) in [7, 11) is 0. The molecule has 2 amide bonds. The molecule has 0 spiro atoms. The van der Waals surface area contributed by atoms with Crippen LogP contribution < -0.4 is 22.5 Å². The summed E-state index contributed by atoms with van der Waals surface area (Å²) >= 11 is 0. The summed E-state index contributed by atoms with van der Waals surface area (Å²) in [5.74, 6) is -0.400. The van der Waals surface area contributed by atoms with E-state index in [1.165, 1.54) is 10.5 Å². The maximum absolute atomic E-state index is 13.2. The number of hydrogen-bond acceptors (Lipinski definition) is 6. The van der Waals surface area contributed by atoms with Crippen molar-refractivity contribution in [1.82, 2.24) is 10.2 Å². The normalized spacial score (nSPS) is 12.7. The Balaban J connectivity index is 2.03. The Morgan fingerprint density at radius 2 is 1.46 bits per heavy atom. The fraction of sp³-hybridized carbons (Fsp3) is 0.483. The van der Waals surface area contributed by atoms with Crippen LogP contribution in [0.2, 0.25) is 0 Å². The van der Waals surface area contributed by atoms with Crippen molar-refractivity contribution < 1.29 is 14.4 Å². The van der Waals surface area contributed by atoms with Crippen molar-refractivity contribution in [1.29, 1.82) is 0 Å². The number of rotatable bonds is 16. The third-order valence-electron chi connectivity index (χ3n) is 6.46. The zero-order chi connectivity index (χ0) is 27.2. The molecule has 0 aliphatic carbocycles. The van der Waals surface area contributed by atoms with Gasteiger partial charge in [-0.25, -0.2) is 0 Å². The topological polar surface area (TPSA) is 145 Å². The third kappa shape index (κ3) is 10.4. The molecule has 7 N–H and O–H groups in total. The molecule has 0 aliphatic rings. The molecule has 0 aliphatic heterocycles. The van der Waals surface area contributed by atoms with Crippen molar-refractivity contribution in [2.45, 2.75) is 64.0 Å². The van der Waals surface area contributed by atoms with Crippen LogP contribution in [0.3, 0.4) is 0 Å². The summed E-state index contributed by atoms with van der Waals surface area (Å²) in [6, 6.07) is 16.3. The van der Waals surface area contributed by atoms with E-state index in [4.69, 9.17) is 17.2 Å². The SMILES string of the molecule is CC(C)c1ccc(CCC(=O)[C@H](CCc2ccccc2)NC(=O)[C@@H](N)CC(=O)N(CCN)CCN)cc1. The Bertz CT molecular complexity index is 973. The highest BCUT2D eigenvalue weighted by atomic mass is 16.2. The number of aryl methyl sites for hydroxylation is 2. The highest BCUT2D eigenvalue weighted by Gasteiger charge is 2.26. The Labute approximate surface area is 221 Å². The van der Waals surface area contributed by atoms with Crippen LogP contribution in [0.4, 0.5) is 0 Å². The van der Waals surface area contributed by atoms with Gasteiger partial charge < -0.3 is 27.4 Å². The van der Waals surface area contributed by atoms with E-state index in [9.17, 15) is 14.4 Å². The van der Waals surface area contributed by atoms with Crippen LogP contribution in [0, 0.1) is 0 Å². The summed E-state index contributed by atoms with van der Waals surface area (Å²) in [4.78, 5) is 40.2. The van der Waals surface area contributed by atoms with Crippen LogP contribution in [0.25, 0.3) is 0 Å². The second kappa shape index (κ2) is 15.9.